The number of pyridine rings is 1. The third kappa shape index (κ3) is 2.33. The molecular weight excluding hydrogens is 260 g/mol. The first-order chi connectivity index (χ1) is 10.1. The number of anilines is 1. The molecule has 1 aromatic carbocycles. The SMILES string of the molecule is CCc1c(C)nc(-c2cc(C)nc3ccccc23)nc1N. The number of hydrogen-bond donors (Lipinski definition) is 1. The number of benzene rings is 1. The highest BCUT2D eigenvalue weighted by molar-refractivity contribution is 5.93. The van der Waals surface area contributed by atoms with Gasteiger partial charge in [0.25, 0.3) is 0 Å². The highest BCUT2D eigenvalue weighted by Gasteiger charge is 2.12. The van der Waals surface area contributed by atoms with E-state index in [9.17, 15) is 0 Å². The van der Waals surface area contributed by atoms with Crippen molar-refractivity contribution in [1.29, 1.82) is 0 Å². The Labute approximate surface area is 124 Å². The van der Waals surface area contributed by atoms with E-state index in [2.05, 4.69) is 21.9 Å². The maximum atomic E-state index is 6.09. The molecule has 21 heavy (non-hydrogen) atoms. The molecule has 0 aliphatic heterocycles. The average Bonchev–Trinajstić information content (AvgIpc) is 2.46. The fourth-order valence-corrected chi connectivity index (χ4v) is 2.67. The van der Waals surface area contributed by atoms with Crippen molar-refractivity contribution >= 4 is 16.7 Å². The second kappa shape index (κ2) is 5.13. The lowest BCUT2D eigenvalue weighted by Gasteiger charge is -2.11. The first-order valence-electron chi connectivity index (χ1n) is 7.10. The van der Waals surface area contributed by atoms with Gasteiger partial charge in [0.1, 0.15) is 5.82 Å². The largest absolute Gasteiger partial charge is 0.383 e. The van der Waals surface area contributed by atoms with Gasteiger partial charge in [-0.25, -0.2) is 9.97 Å². The smallest absolute Gasteiger partial charge is 0.162 e. The van der Waals surface area contributed by atoms with Crippen LogP contribution in [0.1, 0.15) is 23.9 Å². The zero-order chi connectivity index (χ0) is 15.0. The molecule has 3 rings (SSSR count). The monoisotopic (exact) mass is 278 g/mol. The number of nitrogens with two attached hydrogens (primary N) is 1. The molecule has 0 saturated heterocycles. The lowest BCUT2D eigenvalue weighted by atomic mass is 10.1. The lowest BCUT2D eigenvalue weighted by Crippen LogP contribution is -2.05. The van der Waals surface area contributed by atoms with Gasteiger partial charge in [0.2, 0.25) is 0 Å². The van der Waals surface area contributed by atoms with Gasteiger partial charge in [0.05, 0.1) is 5.52 Å². The van der Waals surface area contributed by atoms with Gasteiger partial charge in [-0.3, -0.25) is 4.98 Å². The van der Waals surface area contributed by atoms with Gasteiger partial charge in [-0.15, -0.1) is 0 Å². The van der Waals surface area contributed by atoms with Crippen LogP contribution in [0.4, 0.5) is 5.82 Å². The number of aryl methyl sites for hydroxylation is 2. The molecule has 0 aliphatic rings. The van der Waals surface area contributed by atoms with E-state index in [1.54, 1.807) is 0 Å². The molecule has 4 nitrogen and oxygen atoms in total. The van der Waals surface area contributed by atoms with Crippen LogP contribution in [0.25, 0.3) is 22.3 Å². The fourth-order valence-electron chi connectivity index (χ4n) is 2.67. The molecule has 3 aromatic rings. The van der Waals surface area contributed by atoms with Crippen molar-refractivity contribution in [2.24, 2.45) is 0 Å². The predicted octanol–water partition coefficient (Wildman–Crippen LogP) is 3.45. The van der Waals surface area contributed by atoms with Crippen LogP contribution in [-0.2, 0) is 6.42 Å². The van der Waals surface area contributed by atoms with Crippen molar-refractivity contribution in [3.05, 3.63) is 47.3 Å². The van der Waals surface area contributed by atoms with Crippen LogP contribution in [0.15, 0.2) is 30.3 Å². The number of aromatic nitrogens is 3. The minimum Gasteiger partial charge on any atom is -0.383 e. The van der Waals surface area contributed by atoms with Crippen LogP contribution >= 0.6 is 0 Å². The van der Waals surface area contributed by atoms with Gasteiger partial charge < -0.3 is 5.73 Å². The lowest BCUT2D eigenvalue weighted by molar-refractivity contribution is 1.01. The number of nitrogen functional groups attached to an aromatic ring is 1. The molecule has 2 aromatic heterocycles. The van der Waals surface area contributed by atoms with Crippen LogP contribution in [0.2, 0.25) is 0 Å². The molecule has 0 amide bonds. The van der Waals surface area contributed by atoms with Gasteiger partial charge in [0.15, 0.2) is 5.82 Å². The third-order valence-electron chi connectivity index (χ3n) is 3.68. The van der Waals surface area contributed by atoms with E-state index in [0.717, 1.165) is 39.8 Å². The van der Waals surface area contributed by atoms with E-state index in [1.807, 2.05) is 44.2 Å². The molecule has 0 atom stereocenters. The summed E-state index contributed by atoms with van der Waals surface area (Å²) in [5.74, 6) is 1.24. The average molecular weight is 278 g/mol. The zero-order valence-electron chi connectivity index (χ0n) is 12.5. The Hall–Kier alpha value is -2.49. The molecule has 0 spiro atoms. The van der Waals surface area contributed by atoms with Crippen LogP contribution in [-0.4, -0.2) is 15.0 Å². The topological polar surface area (TPSA) is 64.7 Å². The highest BCUT2D eigenvalue weighted by Crippen LogP contribution is 2.28. The standard InChI is InChI=1S/C17H18N4/c1-4-12-11(3)20-17(21-16(12)18)14-9-10(2)19-15-8-6-5-7-13(14)15/h5-9H,4H2,1-3H3,(H2,18,20,21). The highest BCUT2D eigenvalue weighted by atomic mass is 15.0. The first kappa shape index (κ1) is 13.5. The number of para-hydroxylation sites is 1. The Bertz CT molecular complexity index is 801. The van der Waals surface area contributed by atoms with Crippen LogP contribution in [0.3, 0.4) is 0 Å². The maximum Gasteiger partial charge on any atom is 0.162 e. The van der Waals surface area contributed by atoms with Gasteiger partial charge >= 0.3 is 0 Å². The number of fused-ring (bicyclic) bond motifs is 1. The number of hydrogen-bond acceptors (Lipinski definition) is 4. The summed E-state index contributed by atoms with van der Waals surface area (Å²) in [4.78, 5) is 13.7. The molecule has 0 bridgehead atoms. The van der Waals surface area contributed by atoms with Gasteiger partial charge in [-0.1, -0.05) is 25.1 Å². The van der Waals surface area contributed by atoms with Crippen molar-refractivity contribution in [2.45, 2.75) is 27.2 Å². The number of nitrogens with zero attached hydrogens (tertiary/aromatic N) is 3. The summed E-state index contributed by atoms with van der Waals surface area (Å²) in [6.45, 7) is 6.02. The van der Waals surface area contributed by atoms with Crippen molar-refractivity contribution in [2.75, 3.05) is 5.73 Å². The van der Waals surface area contributed by atoms with Crippen LogP contribution in [0, 0.1) is 13.8 Å². The molecule has 2 heterocycles. The molecule has 0 aliphatic carbocycles. The molecule has 0 unspecified atom stereocenters. The quantitative estimate of drug-likeness (QED) is 0.779. The fraction of sp³-hybridized carbons (Fsp3) is 0.235. The maximum absolute atomic E-state index is 6.09. The second-order valence-electron chi connectivity index (χ2n) is 5.18. The Morgan fingerprint density at radius 1 is 1.05 bits per heavy atom. The van der Waals surface area contributed by atoms with Crippen molar-refractivity contribution in [3.63, 3.8) is 0 Å². The van der Waals surface area contributed by atoms with E-state index in [1.165, 1.54) is 0 Å². The van der Waals surface area contributed by atoms with Crippen molar-refractivity contribution < 1.29 is 0 Å². The van der Waals surface area contributed by atoms with E-state index in [-0.39, 0.29) is 0 Å². The third-order valence-corrected chi connectivity index (χ3v) is 3.68. The zero-order valence-corrected chi connectivity index (χ0v) is 12.5. The van der Waals surface area contributed by atoms with E-state index >= 15 is 0 Å². The summed E-state index contributed by atoms with van der Waals surface area (Å²) in [7, 11) is 0. The van der Waals surface area contributed by atoms with Crippen molar-refractivity contribution in [3.8, 4) is 11.4 Å². The summed E-state index contributed by atoms with van der Waals surface area (Å²) in [6.07, 6.45) is 0.841. The Morgan fingerprint density at radius 3 is 2.52 bits per heavy atom. The van der Waals surface area contributed by atoms with E-state index in [4.69, 9.17) is 5.73 Å². The van der Waals surface area contributed by atoms with Crippen molar-refractivity contribution in [1.82, 2.24) is 15.0 Å². The Balaban J connectivity index is 2.30. The summed E-state index contributed by atoms with van der Waals surface area (Å²) in [5, 5.41) is 1.05. The summed E-state index contributed by atoms with van der Waals surface area (Å²) in [6, 6.07) is 10.0. The van der Waals surface area contributed by atoms with Gasteiger partial charge in [-0.05, 0) is 32.4 Å². The molecular formula is C17H18N4. The minimum absolute atomic E-state index is 0.568. The normalized spacial score (nSPS) is 11.0. The van der Waals surface area contributed by atoms with Crippen LogP contribution < -0.4 is 5.73 Å². The van der Waals surface area contributed by atoms with Gasteiger partial charge in [-0.2, -0.15) is 0 Å². The molecule has 0 saturated carbocycles. The summed E-state index contributed by atoms with van der Waals surface area (Å²) < 4.78 is 0. The van der Waals surface area contributed by atoms with Gasteiger partial charge in [0, 0.05) is 27.9 Å². The Morgan fingerprint density at radius 2 is 1.81 bits per heavy atom. The molecule has 106 valence electrons. The Kier molecular flexibility index (Phi) is 3.29. The van der Waals surface area contributed by atoms with E-state index < -0.39 is 0 Å². The first-order valence-corrected chi connectivity index (χ1v) is 7.10. The van der Waals surface area contributed by atoms with E-state index in [0.29, 0.717) is 11.6 Å². The number of rotatable bonds is 2. The summed E-state index contributed by atoms with van der Waals surface area (Å²) in [5.41, 5.74) is 10.9. The molecule has 4 heteroatoms. The summed E-state index contributed by atoms with van der Waals surface area (Å²) >= 11 is 0. The second-order valence-corrected chi connectivity index (χ2v) is 5.18. The molecule has 0 radical (unpaired) electrons. The predicted molar refractivity (Wildman–Crippen MR) is 86.0 cm³/mol. The van der Waals surface area contributed by atoms with Crippen LogP contribution in [0.5, 0.6) is 0 Å². The minimum atomic E-state index is 0.568. The molecule has 2 N–H and O–H groups in total. The molecule has 0 fully saturated rings.